The van der Waals surface area contributed by atoms with Gasteiger partial charge in [0, 0.05) is 18.3 Å². The Morgan fingerprint density at radius 1 is 1.20 bits per heavy atom. The topological polar surface area (TPSA) is 75.7 Å². The first-order valence-electron chi connectivity index (χ1n) is 8.02. The molecular formula is C18H20N2O4S. The monoisotopic (exact) mass is 360 g/mol. The predicted octanol–water partition coefficient (Wildman–Crippen LogP) is 2.42. The molecule has 0 saturated carbocycles. The van der Waals surface area contributed by atoms with Crippen LogP contribution < -0.4 is 14.4 Å². The highest BCUT2D eigenvalue weighted by Gasteiger charge is 2.30. The maximum Gasteiger partial charge on any atom is 0.235 e. The van der Waals surface area contributed by atoms with Crippen molar-refractivity contribution in [2.75, 3.05) is 29.0 Å². The number of nitrogens with zero attached hydrogens (tertiary/aromatic N) is 1. The van der Waals surface area contributed by atoms with Crippen LogP contribution in [0.4, 0.5) is 11.4 Å². The van der Waals surface area contributed by atoms with E-state index in [1.165, 1.54) is 11.4 Å². The molecule has 1 saturated heterocycles. The molecule has 1 aliphatic rings. The van der Waals surface area contributed by atoms with Crippen LogP contribution in [-0.4, -0.2) is 33.7 Å². The molecule has 0 unspecified atom stereocenters. The summed E-state index contributed by atoms with van der Waals surface area (Å²) in [4.78, 5) is 12.2. The number of hydrogen-bond donors (Lipinski definition) is 1. The second-order valence-electron chi connectivity index (χ2n) is 5.84. The lowest BCUT2D eigenvalue weighted by Crippen LogP contribution is -2.25. The maximum absolute atomic E-state index is 12.2. The minimum atomic E-state index is -3.28. The molecule has 1 aliphatic heterocycles. The molecule has 0 aliphatic carbocycles. The first kappa shape index (κ1) is 17.3. The molecule has 2 aromatic rings. The molecule has 6 nitrogen and oxygen atoms in total. The van der Waals surface area contributed by atoms with Gasteiger partial charge in [0.2, 0.25) is 15.9 Å². The Bertz CT molecular complexity index is 866. The van der Waals surface area contributed by atoms with Crippen molar-refractivity contribution in [2.24, 2.45) is 0 Å². The molecule has 25 heavy (non-hydrogen) atoms. The summed E-state index contributed by atoms with van der Waals surface area (Å²) < 4.78 is 30.9. The first-order chi connectivity index (χ1) is 12.0. The van der Waals surface area contributed by atoms with E-state index in [0.717, 1.165) is 5.56 Å². The van der Waals surface area contributed by atoms with Crippen molar-refractivity contribution in [1.82, 2.24) is 0 Å². The molecule has 1 amide bonds. The maximum atomic E-state index is 12.2. The van der Waals surface area contributed by atoms with Gasteiger partial charge in [0.25, 0.3) is 0 Å². The van der Waals surface area contributed by atoms with E-state index in [1.807, 2.05) is 30.3 Å². The quantitative estimate of drug-likeness (QED) is 0.888. The number of benzene rings is 2. The summed E-state index contributed by atoms with van der Waals surface area (Å²) in [7, 11) is -1.80. The number of carbonyl (C=O) groups excluding carboxylic acids is 1. The number of rotatable bonds is 5. The molecule has 1 N–H and O–H groups in total. The lowest BCUT2D eigenvalue weighted by molar-refractivity contribution is -0.115. The van der Waals surface area contributed by atoms with Crippen molar-refractivity contribution in [3.05, 3.63) is 54.1 Å². The minimum Gasteiger partial charge on any atom is -0.494 e. The van der Waals surface area contributed by atoms with Crippen LogP contribution in [0.2, 0.25) is 0 Å². The van der Waals surface area contributed by atoms with Crippen molar-refractivity contribution >= 4 is 27.3 Å². The van der Waals surface area contributed by atoms with Crippen LogP contribution in [0.15, 0.2) is 48.5 Å². The molecule has 132 valence electrons. The third-order valence-electron chi connectivity index (χ3n) is 4.04. The zero-order valence-electron chi connectivity index (χ0n) is 13.9. The predicted molar refractivity (Wildman–Crippen MR) is 97.5 cm³/mol. The Kier molecular flexibility index (Phi) is 4.94. The van der Waals surface area contributed by atoms with Gasteiger partial charge < -0.3 is 10.1 Å². The lowest BCUT2D eigenvalue weighted by atomic mass is 10.1. The van der Waals surface area contributed by atoms with Crippen molar-refractivity contribution in [3.63, 3.8) is 0 Å². The fourth-order valence-electron chi connectivity index (χ4n) is 2.86. The van der Waals surface area contributed by atoms with Crippen molar-refractivity contribution in [2.45, 2.75) is 12.8 Å². The van der Waals surface area contributed by atoms with Crippen molar-refractivity contribution < 1.29 is 17.9 Å². The van der Waals surface area contributed by atoms with E-state index in [1.54, 1.807) is 18.2 Å². The molecule has 3 rings (SSSR count). The molecular weight excluding hydrogens is 340 g/mol. The summed E-state index contributed by atoms with van der Waals surface area (Å²) in [6, 6.07) is 14.5. The van der Waals surface area contributed by atoms with Gasteiger partial charge in [-0.2, -0.15) is 0 Å². The van der Waals surface area contributed by atoms with Crippen LogP contribution in [0.5, 0.6) is 5.75 Å². The second kappa shape index (κ2) is 7.14. The summed E-state index contributed by atoms with van der Waals surface area (Å²) in [6.07, 6.45) is 0.868. The fraction of sp³-hybridized carbons (Fsp3) is 0.278. The Morgan fingerprint density at radius 3 is 2.60 bits per heavy atom. The number of carbonyl (C=O) groups is 1. The molecule has 0 aromatic heterocycles. The summed E-state index contributed by atoms with van der Waals surface area (Å²) in [5.74, 6) is 0.420. The third-order valence-corrected chi connectivity index (χ3v) is 5.89. The second-order valence-corrected chi connectivity index (χ2v) is 7.85. The molecule has 0 atom stereocenters. The molecule has 0 bridgehead atoms. The van der Waals surface area contributed by atoms with E-state index in [9.17, 15) is 13.2 Å². The zero-order chi connectivity index (χ0) is 17.9. The van der Waals surface area contributed by atoms with Crippen molar-refractivity contribution in [3.8, 4) is 5.75 Å². The summed E-state index contributed by atoms with van der Waals surface area (Å²) in [5.41, 5.74) is 1.99. The molecule has 1 fully saturated rings. The van der Waals surface area contributed by atoms with E-state index in [-0.39, 0.29) is 18.1 Å². The van der Waals surface area contributed by atoms with Gasteiger partial charge in [0.05, 0.1) is 25.0 Å². The van der Waals surface area contributed by atoms with Crippen LogP contribution in [0.3, 0.4) is 0 Å². The number of nitrogens with one attached hydrogen (secondary N) is 1. The molecule has 0 spiro atoms. The van der Waals surface area contributed by atoms with E-state index in [0.29, 0.717) is 30.1 Å². The Hall–Kier alpha value is -2.54. The number of hydrogen-bond acceptors (Lipinski definition) is 4. The highest BCUT2D eigenvalue weighted by atomic mass is 32.2. The van der Waals surface area contributed by atoms with Crippen LogP contribution in [0, 0.1) is 0 Å². The average Bonchev–Trinajstić information content (AvgIpc) is 2.94. The highest BCUT2D eigenvalue weighted by molar-refractivity contribution is 7.93. The van der Waals surface area contributed by atoms with E-state index < -0.39 is 10.0 Å². The van der Waals surface area contributed by atoms with Gasteiger partial charge in [-0.25, -0.2) is 8.42 Å². The third kappa shape index (κ3) is 3.93. The fourth-order valence-corrected chi connectivity index (χ4v) is 4.43. The molecule has 7 heteroatoms. The summed E-state index contributed by atoms with van der Waals surface area (Å²) in [5, 5.41) is 2.82. The normalized spacial score (nSPS) is 15.8. The highest BCUT2D eigenvalue weighted by Crippen LogP contribution is 2.35. The van der Waals surface area contributed by atoms with E-state index >= 15 is 0 Å². The van der Waals surface area contributed by atoms with Gasteiger partial charge in [-0.15, -0.1) is 0 Å². The van der Waals surface area contributed by atoms with Gasteiger partial charge in [-0.3, -0.25) is 9.10 Å². The minimum absolute atomic E-state index is 0.144. The Labute approximate surface area is 147 Å². The Morgan fingerprint density at radius 2 is 1.96 bits per heavy atom. The number of amides is 1. The largest absolute Gasteiger partial charge is 0.494 e. The number of anilines is 2. The van der Waals surface area contributed by atoms with Crippen LogP contribution in [-0.2, 0) is 21.2 Å². The SMILES string of the molecule is COc1cc(NC(=O)Cc2ccccc2)ccc1N1CCCS1(=O)=O. The number of sulfonamides is 1. The number of ether oxygens (including phenoxy) is 1. The summed E-state index contributed by atoms with van der Waals surface area (Å²) in [6.45, 7) is 0.443. The number of methoxy groups -OCH3 is 1. The van der Waals surface area contributed by atoms with E-state index in [4.69, 9.17) is 4.74 Å². The van der Waals surface area contributed by atoms with Crippen LogP contribution in [0.25, 0.3) is 0 Å². The van der Waals surface area contributed by atoms with Gasteiger partial charge in [-0.05, 0) is 24.1 Å². The average molecular weight is 360 g/mol. The zero-order valence-corrected chi connectivity index (χ0v) is 14.8. The van der Waals surface area contributed by atoms with Crippen molar-refractivity contribution in [1.29, 1.82) is 0 Å². The van der Waals surface area contributed by atoms with Crippen LogP contribution >= 0.6 is 0 Å². The Balaban J connectivity index is 1.76. The summed E-state index contributed by atoms with van der Waals surface area (Å²) >= 11 is 0. The van der Waals surface area contributed by atoms with Gasteiger partial charge in [0.15, 0.2) is 0 Å². The lowest BCUT2D eigenvalue weighted by Gasteiger charge is -2.20. The van der Waals surface area contributed by atoms with Gasteiger partial charge >= 0.3 is 0 Å². The van der Waals surface area contributed by atoms with E-state index in [2.05, 4.69) is 5.32 Å². The molecule has 2 aromatic carbocycles. The standard InChI is InChI=1S/C18H20N2O4S/c1-24-17-13-15(19-18(21)12-14-6-3-2-4-7-14)8-9-16(17)20-10-5-11-25(20,22)23/h2-4,6-9,13H,5,10-12H2,1H3,(H,19,21). The molecule has 1 heterocycles. The first-order valence-corrected chi connectivity index (χ1v) is 9.63. The van der Waals surface area contributed by atoms with Gasteiger partial charge in [-0.1, -0.05) is 30.3 Å². The van der Waals surface area contributed by atoms with Crippen LogP contribution in [0.1, 0.15) is 12.0 Å². The van der Waals surface area contributed by atoms with Gasteiger partial charge in [0.1, 0.15) is 5.75 Å². The molecule has 0 radical (unpaired) electrons. The smallest absolute Gasteiger partial charge is 0.235 e.